The molecule has 0 saturated carbocycles. The Morgan fingerprint density at radius 2 is 2.18 bits per heavy atom. The Morgan fingerprint density at radius 1 is 1.32 bits per heavy atom. The van der Waals surface area contributed by atoms with E-state index in [-0.39, 0.29) is 29.2 Å². The van der Waals surface area contributed by atoms with E-state index in [1.54, 1.807) is 34.9 Å². The van der Waals surface area contributed by atoms with Gasteiger partial charge in [0.15, 0.2) is 0 Å². The first-order valence-corrected chi connectivity index (χ1v) is 9.77. The predicted octanol–water partition coefficient (Wildman–Crippen LogP) is 0.827. The molecular weight excluding hydrogens is 358 g/mol. The van der Waals surface area contributed by atoms with E-state index in [9.17, 15) is 14.4 Å². The maximum absolute atomic E-state index is 13.1. The average molecular weight is 383 g/mol. The molecule has 8 heteroatoms. The number of piperidine rings is 1. The zero-order valence-electron chi connectivity index (χ0n) is 15.9. The van der Waals surface area contributed by atoms with Gasteiger partial charge in [-0.25, -0.2) is 4.98 Å². The molecule has 2 aliphatic rings. The van der Waals surface area contributed by atoms with Crippen LogP contribution in [0.15, 0.2) is 35.4 Å². The third-order valence-electron chi connectivity index (χ3n) is 5.81. The highest BCUT2D eigenvalue weighted by Gasteiger charge is 2.44. The maximum atomic E-state index is 13.1. The number of nitrogens with one attached hydrogen (secondary N) is 2. The Bertz CT molecular complexity index is 920. The Balaban J connectivity index is 1.52. The van der Waals surface area contributed by atoms with E-state index in [0.717, 1.165) is 30.8 Å². The number of likely N-dealkylation sites (tertiary alicyclic amines) is 1. The van der Waals surface area contributed by atoms with E-state index in [2.05, 4.69) is 15.3 Å². The number of imidazole rings is 1. The molecule has 0 aromatic carbocycles. The number of carbonyl (C=O) groups is 2. The summed E-state index contributed by atoms with van der Waals surface area (Å²) in [5, 5.41) is 2.99. The van der Waals surface area contributed by atoms with Crippen molar-refractivity contribution in [1.29, 1.82) is 0 Å². The fraction of sp³-hybridized carbons (Fsp3) is 0.500. The third kappa shape index (κ3) is 3.46. The Morgan fingerprint density at radius 3 is 2.93 bits per heavy atom. The van der Waals surface area contributed by atoms with E-state index in [1.165, 1.54) is 6.07 Å². The van der Waals surface area contributed by atoms with Crippen LogP contribution in [-0.4, -0.2) is 50.9 Å². The molecule has 2 aromatic heterocycles. The number of hydrogen-bond donors (Lipinski definition) is 2. The standard InChI is InChI=1S/C20H25N5O3/c1-13(26)24-11-14-10-15(12-24)19(25-16(14)4-2-6-18(25)27)20(28)23-7-3-5-17-21-8-9-22-17/h2,4,6,8-9,14-15,19H,3,5,7,10-12H2,1H3,(H,21,22)(H,23,28)/t14-,15+,19-/m1/s1. The molecule has 0 unspecified atom stereocenters. The zero-order valence-corrected chi connectivity index (χ0v) is 15.9. The Kier molecular flexibility index (Phi) is 5.02. The molecule has 4 heterocycles. The second kappa shape index (κ2) is 7.61. The van der Waals surface area contributed by atoms with Gasteiger partial charge in [-0.1, -0.05) is 6.07 Å². The van der Waals surface area contributed by atoms with Gasteiger partial charge in [0.2, 0.25) is 11.8 Å². The van der Waals surface area contributed by atoms with E-state index in [1.807, 2.05) is 6.07 Å². The first-order valence-electron chi connectivity index (χ1n) is 9.77. The molecule has 28 heavy (non-hydrogen) atoms. The second-order valence-electron chi connectivity index (χ2n) is 7.65. The summed E-state index contributed by atoms with van der Waals surface area (Å²) < 4.78 is 1.65. The lowest BCUT2D eigenvalue weighted by atomic mass is 9.78. The maximum Gasteiger partial charge on any atom is 0.251 e. The van der Waals surface area contributed by atoms with Crippen LogP contribution < -0.4 is 10.9 Å². The molecule has 148 valence electrons. The Hall–Kier alpha value is -2.90. The molecule has 0 radical (unpaired) electrons. The van der Waals surface area contributed by atoms with Crippen LogP contribution in [-0.2, 0) is 16.0 Å². The monoisotopic (exact) mass is 383 g/mol. The van der Waals surface area contributed by atoms with Crippen molar-refractivity contribution in [2.45, 2.75) is 38.1 Å². The van der Waals surface area contributed by atoms with Crippen LogP contribution in [0.2, 0.25) is 0 Å². The number of amides is 2. The van der Waals surface area contributed by atoms with Crippen LogP contribution in [0.4, 0.5) is 0 Å². The van der Waals surface area contributed by atoms with Crippen molar-refractivity contribution in [3.8, 4) is 0 Å². The van der Waals surface area contributed by atoms with Crippen LogP contribution in [0.1, 0.15) is 43.2 Å². The molecular formula is C20H25N5O3. The number of rotatable bonds is 5. The lowest BCUT2D eigenvalue weighted by Crippen LogP contribution is -2.54. The number of aromatic nitrogens is 3. The van der Waals surface area contributed by atoms with Gasteiger partial charge in [-0.05, 0) is 18.9 Å². The first kappa shape index (κ1) is 18.5. The van der Waals surface area contributed by atoms with Gasteiger partial charge >= 0.3 is 0 Å². The minimum atomic E-state index is -0.578. The van der Waals surface area contributed by atoms with Gasteiger partial charge in [-0.3, -0.25) is 19.0 Å². The number of carbonyl (C=O) groups excluding carboxylic acids is 2. The van der Waals surface area contributed by atoms with Crippen molar-refractivity contribution < 1.29 is 9.59 Å². The highest BCUT2D eigenvalue weighted by Crippen LogP contribution is 2.41. The normalized spacial score (nSPS) is 23.2. The van der Waals surface area contributed by atoms with Crippen molar-refractivity contribution in [2.24, 2.45) is 5.92 Å². The van der Waals surface area contributed by atoms with Crippen LogP contribution >= 0.6 is 0 Å². The molecule has 2 aromatic rings. The second-order valence-corrected chi connectivity index (χ2v) is 7.65. The smallest absolute Gasteiger partial charge is 0.251 e. The zero-order chi connectivity index (χ0) is 19.7. The summed E-state index contributed by atoms with van der Waals surface area (Å²) in [5.74, 6) is 0.794. The van der Waals surface area contributed by atoms with Crippen LogP contribution in [0.3, 0.4) is 0 Å². The molecule has 0 aliphatic carbocycles. The van der Waals surface area contributed by atoms with Gasteiger partial charge in [0.05, 0.1) is 0 Å². The van der Waals surface area contributed by atoms with Crippen LogP contribution in [0.5, 0.6) is 0 Å². The minimum absolute atomic E-state index is 0.0130. The molecule has 2 N–H and O–H groups in total. The topological polar surface area (TPSA) is 100 Å². The molecule has 0 spiro atoms. The number of pyridine rings is 1. The SMILES string of the molecule is CC(=O)N1C[C@H]2C[C@@H](C1)[C@H](C(=O)NCCCc1ncc[nH]1)n1c2cccc1=O. The predicted molar refractivity (Wildman–Crippen MR) is 103 cm³/mol. The Labute approximate surface area is 163 Å². The molecule has 2 bridgehead atoms. The highest BCUT2D eigenvalue weighted by atomic mass is 16.2. The highest BCUT2D eigenvalue weighted by molar-refractivity contribution is 5.81. The molecule has 2 amide bonds. The summed E-state index contributed by atoms with van der Waals surface area (Å²) in [4.78, 5) is 46.6. The van der Waals surface area contributed by atoms with Crippen molar-refractivity contribution in [1.82, 2.24) is 24.8 Å². The van der Waals surface area contributed by atoms with Gasteiger partial charge in [0.25, 0.3) is 5.56 Å². The van der Waals surface area contributed by atoms with Crippen molar-refractivity contribution in [2.75, 3.05) is 19.6 Å². The molecule has 1 fully saturated rings. The fourth-order valence-electron chi connectivity index (χ4n) is 4.53. The minimum Gasteiger partial charge on any atom is -0.354 e. The number of fused-ring (bicyclic) bond motifs is 4. The molecule has 2 aliphatic heterocycles. The quantitative estimate of drug-likeness (QED) is 0.747. The number of H-pyrrole nitrogens is 1. The van der Waals surface area contributed by atoms with Crippen molar-refractivity contribution in [3.63, 3.8) is 0 Å². The summed E-state index contributed by atoms with van der Waals surface area (Å²) in [6.07, 6.45) is 5.81. The summed E-state index contributed by atoms with van der Waals surface area (Å²) >= 11 is 0. The average Bonchev–Trinajstić information content (AvgIpc) is 3.19. The van der Waals surface area contributed by atoms with Crippen LogP contribution in [0, 0.1) is 5.92 Å². The fourth-order valence-corrected chi connectivity index (χ4v) is 4.53. The van der Waals surface area contributed by atoms with E-state index < -0.39 is 6.04 Å². The molecule has 4 rings (SSSR count). The lowest BCUT2D eigenvalue weighted by Gasteiger charge is -2.46. The van der Waals surface area contributed by atoms with E-state index in [4.69, 9.17) is 0 Å². The summed E-state index contributed by atoms with van der Waals surface area (Å²) in [6, 6.07) is 4.57. The summed E-state index contributed by atoms with van der Waals surface area (Å²) in [6.45, 7) is 3.19. The lowest BCUT2D eigenvalue weighted by molar-refractivity contribution is -0.135. The largest absolute Gasteiger partial charge is 0.354 e. The molecule has 3 atom stereocenters. The first-order chi connectivity index (χ1) is 13.5. The number of aryl methyl sites for hydroxylation is 1. The molecule has 8 nitrogen and oxygen atoms in total. The van der Waals surface area contributed by atoms with Gasteiger partial charge in [0, 0.05) is 69.0 Å². The summed E-state index contributed by atoms with van der Waals surface area (Å²) in [7, 11) is 0. The van der Waals surface area contributed by atoms with Crippen molar-refractivity contribution in [3.05, 3.63) is 52.5 Å². The third-order valence-corrected chi connectivity index (χ3v) is 5.81. The number of hydrogen-bond acceptors (Lipinski definition) is 4. The van der Waals surface area contributed by atoms with Gasteiger partial charge in [-0.2, -0.15) is 0 Å². The van der Waals surface area contributed by atoms with Crippen molar-refractivity contribution >= 4 is 11.8 Å². The van der Waals surface area contributed by atoms with Gasteiger partial charge in [0.1, 0.15) is 11.9 Å². The summed E-state index contributed by atoms with van der Waals surface area (Å²) in [5.41, 5.74) is 0.699. The van der Waals surface area contributed by atoms with Crippen LogP contribution in [0.25, 0.3) is 0 Å². The van der Waals surface area contributed by atoms with E-state index in [0.29, 0.717) is 19.6 Å². The van der Waals surface area contributed by atoms with Gasteiger partial charge in [-0.15, -0.1) is 0 Å². The van der Waals surface area contributed by atoms with E-state index >= 15 is 0 Å². The molecule has 1 saturated heterocycles. The number of nitrogens with zero attached hydrogens (tertiary/aromatic N) is 3. The van der Waals surface area contributed by atoms with Gasteiger partial charge < -0.3 is 15.2 Å². The number of aromatic amines is 1.